The molecule has 0 aliphatic rings. The van der Waals surface area contributed by atoms with Gasteiger partial charge in [0.1, 0.15) is 6.04 Å². The Morgan fingerprint density at radius 1 is 1.38 bits per heavy atom. The van der Waals surface area contributed by atoms with Gasteiger partial charge in [-0.2, -0.15) is 0 Å². The second kappa shape index (κ2) is 4.84. The summed E-state index contributed by atoms with van der Waals surface area (Å²) in [5.41, 5.74) is 5.20. The number of primary amides is 1. The van der Waals surface area contributed by atoms with Crippen LogP contribution >= 0.6 is 0 Å². The highest BCUT2D eigenvalue weighted by Gasteiger charge is 2.26. The van der Waals surface area contributed by atoms with E-state index in [0.717, 1.165) is 0 Å². The van der Waals surface area contributed by atoms with Gasteiger partial charge in [0, 0.05) is 13.5 Å². The van der Waals surface area contributed by atoms with E-state index in [0.29, 0.717) is 6.42 Å². The molecule has 0 rings (SSSR count). The molecule has 0 fully saturated rings. The van der Waals surface area contributed by atoms with Crippen molar-refractivity contribution in [3.63, 3.8) is 0 Å². The van der Waals surface area contributed by atoms with Gasteiger partial charge in [0.15, 0.2) is 0 Å². The van der Waals surface area contributed by atoms with Gasteiger partial charge in [0.05, 0.1) is 0 Å². The maximum absolute atomic E-state index is 11.3. The molecular weight excluding hydrogens is 168 g/mol. The minimum absolute atomic E-state index is 0.0537. The molecule has 1 atom stereocenters. The van der Waals surface area contributed by atoms with Crippen LogP contribution in [-0.4, -0.2) is 29.8 Å². The van der Waals surface area contributed by atoms with Gasteiger partial charge in [-0.05, 0) is 5.92 Å². The number of hydrogen-bond donors (Lipinski definition) is 1. The third-order valence-corrected chi connectivity index (χ3v) is 2.04. The van der Waals surface area contributed by atoms with E-state index in [9.17, 15) is 9.59 Å². The van der Waals surface area contributed by atoms with Gasteiger partial charge in [-0.1, -0.05) is 20.8 Å². The van der Waals surface area contributed by atoms with Crippen molar-refractivity contribution in [2.45, 2.75) is 33.2 Å². The maximum atomic E-state index is 11.3. The van der Waals surface area contributed by atoms with Gasteiger partial charge in [-0.3, -0.25) is 9.59 Å². The zero-order valence-corrected chi connectivity index (χ0v) is 8.70. The molecule has 2 amide bonds. The zero-order valence-electron chi connectivity index (χ0n) is 8.70. The lowest BCUT2D eigenvalue weighted by Crippen LogP contribution is -2.48. The Labute approximate surface area is 79.1 Å². The van der Waals surface area contributed by atoms with E-state index in [1.807, 2.05) is 13.8 Å². The summed E-state index contributed by atoms with van der Waals surface area (Å²) in [6.45, 7) is 5.50. The average Bonchev–Trinajstić information content (AvgIpc) is 2.01. The first-order valence-corrected chi connectivity index (χ1v) is 4.46. The van der Waals surface area contributed by atoms with E-state index in [4.69, 9.17) is 5.73 Å². The van der Waals surface area contributed by atoms with Gasteiger partial charge < -0.3 is 10.6 Å². The van der Waals surface area contributed by atoms with Crippen molar-refractivity contribution in [3.8, 4) is 0 Å². The number of likely N-dealkylation sites (N-methyl/N-ethyl adjacent to an activating group) is 1. The van der Waals surface area contributed by atoms with Crippen LogP contribution in [0.3, 0.4) is 0 Å². The molecule has 0 saturated heterocycles. The molecule has 0 unspecified atom stereocenters. The summed E-state index contributed by atoms with van der Waals surface area (Å²) < 4.78 is 0. The molecule has 0 saturated carbocycles. The standard InChI is InChI=1S/C9H18N2O2/c1-5-7(12)11(4)8(6(2)3)9(10)13/h6,8H,5H2,1-4H3,(H2,10,13)/t8-/m0/s1. The van der Waals surface area contributed by atoms with Crippen molar-refractivity contribution in [3.05, 3.63) is 0 Å². The van der Waals surface area contributed by atoms with Crippen molar-refractivity contribution < 1.29 is 9.59 Å². The second-order valence-electron chi connectivity index (χ2n) is 3.45. The molecule has 0 heterocycles. The average molecular weight is 186 g/mol. The fraction of sp³-hybridized carbons (Fsp3) is 0.778. The van der Waals surface area contributed by atoms with E-state index in [1.54, 1.807) is 14.0 Å². The summed E-state index contributed by atoms with van der Waals surface area (Å²) >= 11 is 0. The molecule has 0 aromatic rings. The van der Waals surface area contributed by atoms with E-state index >= 15 is 0 Å². The molecule has 13 heavy (non-hydrogen) atoms. The largest absolute Gasteiger partial charge is 0.368 e. The van der Waals surface area contributed by atoms with Crippen molar-refractivity contribution >= 4 is 11.8 Å². The fourth-order valence-corrected chi connectivity index (χ4v) is 1.37. The molecule has 4 heteroatoms. The molecule has 0 radical (unpaired) electrons. The van der Waals surface area contributed by atoms with Crippen molar-refractivity contribution in [1.29, 1.82) is 0 Å². The van der Waals surface area contributed by atoms with Crippen molar-refractivity contribution in [1.82, 2.24) is 4.90 Å². The normalized spacial score (nSPS) is 12.7. The summed E-state index contributed by atoms with van der Waals surface area (Å²) in [4.78, 5) is 23.7. The predicted octanol–water partition coefficient (Wildman–Crippen LogP) is 0.365. The van der Waals surface area contributed by atoms with Gasteiger partial charge in [0.2, 0.25) is 11.8 Å². The molecule has 76 valence electrons. The van der Waals surface area contributed by atoms with Crippen LogP contribution in [-0.2, 0) is 9.59 Å². The second-order valence-corrected chi connectivity index (χ2v) is 3.45. The Hall–Kier alpha value is -1.06. The number of hydrogen-bond acceptors (Lipinski definition) is 2. The summed E-state index contributed by atoms with van der Waals surface area (Å²) in [5.74, 6) is -0.449. The Bertz CT molecular complexity index is 202. The number of rotatable bonds is 4. The van der Waals surface area contributed by atoms with Gasteiger partial charge in [-0.25, -0.2) is 0 Å². The first-order chi connectivity index (χ1) is 5.91. The minimum atomic E-state index is -0.493. The summed E-state index contributed by atoms with van der Waals surface area (Å²) in [7, 11) is 1.61. The molecule has 4 nitrogen and oxygen atoms in total. The van der Waals surface area contributed by atoms with E-state index in [2.05, 4.69) is 0 Å². The van der Waals surface area contributed by atoms with Crippen LogP contribution < -0.4 is 5.73 Å². The van der Waals surface area contributed by atoms with Crippen LogP contribution in [0.5, 0.6) is 0 Å². The lowest BCUT2D eigenvalue weighted by Gasteiger charge is -2.28. The number of carbonyl (C=O) groups is 2. The maximum Gasteiger partial charge on any atom is 0.240 e. The molecule has 0 aliphatic carbocycles. The third-order valence-electron chi connectivity index (χ3n) is 2.04. The van der Waals surface area contributed by atoms with Crippen LogP contribution in [0, 0.1) is 5.92 Å². The molecule has 2 N–H and O–H groups in total. The lowest BCUT2D eigenvalue weighted by atomic mass is 10.0. The summed E-state index contributed by atoms with van der Waals surface area (Å²) in [6, 6.07) is -0.493. The number of nitrogens with two attached hydrogens (primary N) is 1. The van der Waals surface area contributed by atoms with Crippen LogP contribution in [0.1, 0.15) is 27.2 Å². The number of nitrogens with zero attached hydrogens (tertiary/aromatic N) is 1. The topological polar surface area (TPSA) is 63.4 Å². The number of amides is 2. The van der Waals surface area contributed by atoms with Crippen molar-refractivity contribution in [2.24, 2.45) is 11.7 Å². The van der Waals surface area contributed by atoms with Crippen molar-refractivity contribution in [2.75, 3.05) is 7.05 Å². The van der Waals surface area contributed by atoms with Crippen LogP contribution in [0.2, 0.25) is 0 Å². The molecule has 0 aromatic heterocycles. The van der Waals surface area contributed by atoms with Gasteiger partial charge >= 0.3 is 0 Å². The molecule has 0 aromatic carbocycles. The highest BCUT2D eigenvalue weighted by atomic mass is 16.2. The van der Waals surface area contributed by atoms with Crippen LogP contribution in [0.15, 0.2) is 0 Å². The monoisotopic (exact) mass is 186 g/mol. The summed E-state index contributed by atoms with van der Waals surface area (Å²) in [6.07, 6.45) is 0.396. The first kappa shape index (κ1) is 11.9. The lowest BCUT2D eigenvalue weighted by molar-refractivity contribution is -0.138. The first-order valence-electron chi connectivity index (χ1n) is 4.46. The van der Waals surface area contributed by atoms with E-state index < -0.39 is 11.9 Å². The van der Waals surface area contributed by atoms with Gasteiger partial charge in [0.25, 0.3) is 0 Å². The molecule has 0 aliphatic heterocycles. The Kier molecular flexibility index (Phi) is 4.45. The minimum Gasteiger partial charge on any atom is -0.368 e. The SMILES string of the molecule is CCC(=O)N(C)[C@H](C(N)=O)C(C)C. The van der Waals surface area contributed by atoms with Gasteiger partial charge in [-0.15, -0.1) is 0 Å². The Balaban J connectivity index is 4.55. The van der Waals surface area contributed by atoms with Crippen LogP contribution in [0.25, 0.3) is 0 Å². The van der Waals surface area contributed by atoms with E-state index in [-0.39, 0.29) is 11.8 Å². The molecular formula is C9H18N2O2. The summed E-state index contributed by atoms with van der Waals surface area (Å²) in [5, 5.41) is 0. The quantitative estimate of drug-likeness (QED) is 0.689. The Morgan fingerprint density at radius 2 is 1.85 bits per heavy atom. The molecule has 0 spiro atoms. The zero-order chi connectivity index (χ0) is 10.6. The third kappa shape index (κ3) is 3.05. The molecule has 0 bridgehead atoms. The smallest absolute Gasteiger partial charge is 0.240 e. The number of carbonyl (C=O) groups excluding carboxylic acids is 2. The Morgan fingerprint density at radius 3 is 2.08 bits per heavy atom. The highest BCUT2D eigenvalue weighted by molar-refractivity contribution is 5.86. The fourth-order valence-electron chi connectivity index (χ4n) is 1.37. The highest BCUT2D eigenvalue weighted by Crippen LogP contribution is 2.09. The van der Waals surface area contributed by atoms with E-state index in [1.165, 1.54) is 4.90 Å². The predicted molar refractivity (Wildman–Crippen MR) is 50.9 cm³/mol. The van der Waals surface area contributed by atoms with Crippen LogP contribution in [0.4, 0.5) is 0 Å².